The lowest BCUT2D eigenvalue weighted by Crippen LogP contribution is -2.50. The van der Waals surface area contributed by atoms with Gasteiger partial charge in [0, 0.05) is 26.2 Å². The Balaban J connectivity index is 1.44. The van der Waals surface area contributed by atoms with Crippen LogP contribution in [0.5, 0.6) is 0 Å². The first-order chi connectivity index (χ1) is 13.8. The molecule has 9 heteroatoms. The normalized spacial score (nSPS) is 15.7. The minimum Gasteiger partial charge on any atom is -0.340 e. The monoisotopic (exact) mass is 431 g/mol. The Labute approximate surface area is 172 Å². The van der Waals surface area contributed by atoms with Crippen LogP contribution < -0.4 is 4.87 Å². The van der Waals surface area contributed by atoms with Gasteiger partial charge in [0.1, 0.15) is 0 Å². The van der Waals surface area contributed by atoms with Crippen LogP contribution in [0.4, 0.5) is 0 Å². The van der Waals surface area contributed by atoms with Gasteiger partial charge < -0.3 is 9.88 Å². The number of hydrogen-bond donors (Lipinski definition) is 1. The molecule has 1 amide bonds. The molecule has 7 nitrogen and oxygen atoms in total. The van der Waals surface area contributed by atoms with Gasteiger partial charge in [-0.05, 0) is 36.2 Å². The maximum absolute atomic E-state index is 13.0. The Morgan fingerprint density at radius 3 is 2.55 bits per heavy atom. The summed E-state index contributed by atoms with van der Waals surface area (Å²) in [6.07, 6.45) is 0.322. The summed E-state index contributed by atoms with van der Waals surface area (Å²) in [6, 6.07) is 12.4. The first kappa shape index (κ1) is 19.8. The van der Waals surface area contributed by atoms with E-state index in [0.717, 1.165) is 22.5 Å². The molecule has 0 unspecified atom stereocenters. The summed E-state index contributed by atoms with van der Waals surface area (Å²) in [6.45, 7) is 3.21. The molecule has 0 saturated carbocycles. The van der Waals surface area contributed by atoms with Crippen molar-refractivity contribution >= 4 is 37.5 Å². The van der Waals surface area contributed by atoms with E-state index in [-0.39, 0.29) is 28.8 Å². The molecule has 2 aromatic carbocycles. The Morgan fingerprint density at radius 1 is 1.10 bits per heavy atom. The van der Waals surface area contributed by atoms with Crippen LogP contribution in [0.2, 0.25) is 0 Å². The van der Waals surface area contributed by atoms with Crippen molar-refractivity contribution in [2.45, 2.75) is 18.2 Å². The summed E-state index contributed by atoms with van der Waals surface area (Å²) in [5.74, 6) is 0.00913. The third kappa shape index (κ3) is 3.98. The predicted octanol–water partition coefficient (Wildman–Crippen LogP) is 1.97. The number of thiazole rings is 1. The van der Waals surface area contributed by atoms with E-state index in [9.17, 15) is 18.0 Å². The fraction of sp³-hybridized carbons (Fsp3) is 0.300. The number of nitrogens with one attached hydrogen (secondary N) is 1. The van der Waals surface area contributed by atoms with Crippen molar-refractivity contribution in [2.75, 3.05) is 26.2 Å². The number of nitrogens with zero attached hydrogens (tertiary/aromatic N) is 2. The third-order valence-electron chi connectivity index (χ3n) is 5.22. The van der Waals surface area contributed by atoms with Crippen LogP contribution in [-0.4, -0.2) is 54.7 Å². The number of aromatic amines is 1. The Hall–Kier alpha value is -2.49. The molecule has 152 valence electrons. The van der Waals surface area contributed by atoms with E-state index in [1.807, 2.05) is 31.2 Å². The standard InChI is InChI=1S/C20H21N3O4S2/c1-14-4-2-3-5-15(14)12-19(24)22-8-10-23(11-9-22)29(26,27)16-6-7-17-18(13-16)28-20(25)21-17/h2-7,13H,8-12H2,1H3,(H,21,25). The quantitative estimate of drug-likeness (QED) is 0.684. The number of sulfonamides is 1. The van der Waals surface area contributed by atoms with Gasteiger partial charge in [-0.2, -0.15) is 4.31 Å². The van der Waals surface area contributed by atoms with Gasteiger partial charge in [0.2, 0.25) is 15.9 Å². The number of amides is 1. The molecule has 0 aliphatic carbocycles. The van der Waals surface area contributed by atoms with Gasteiger partial charge in [-0.25, -0.2) is 8.42 Å². The van der Waals surface area contributed by atoms with Crippen molar-refractivity contribution in [3.63, 3.8) is 0 Å². The number of rotatable bonds is 4. The molecule has 4 rings (SSSR count). The number of aromatic nitrogens is 1. The minimum atomic E-state index is -3.67. The lowest BCUT2D eigenvalue weighted by atomic mass is 10.1. The molecule has 2 heterocycles. The van der Waals surface area contributed by atoms with Gasteiger partial charge in [0.05, 0.1) is 21.5 Å². The van der Waals surface area contributed by atoms with Crippen LogP contribution in [0.15, 0.2) is 52.2 Å². The lowest BCUT2D eigenvalue weighted by molar-refractivity contribution is -0.131. The van der Waals surface area contributed by atoms with E-state index < -0.39 is 10.0 Å². The van der Waals surface area contributed by atoms with Crippen LogP contribution in [0.3, 0.4) is 0 Å². The highest BCUT2D eigenvalue weighted by atomic mass is 32.2. The molecule has 1 aromatic heterocycles. The van der Waals surface area contributed by atoms with Crippen LogP contribution in [-0.2, 0) is 21.2 Å². The number of benzene rings is 2. The minimum absolute atomic E-state index is 0.00913. The summed E-state index contributed by atoms with van der Waals surface area (Å²) in [7, 11) is -3.67. The SMILES string of the molecule is Cc1ccccc1CC(=O)N1CCN(S(=O)(=O)c2ccc3[nH]c(=O)sc3c2)CC1. The molecule has 0 radical (unpaired) electrons. The van der Waals surface area contributed by atoms with Crippen molar-refractivity contribution < 1.29 is 13.2 Å². The summed E-state index contributed by atoms with van der Waals surface area (Å²) >= 11 is 0.988. The zero-order chi connectivity index (χ0) is 20.6. The zero-order valence-electron chi connectivity index (χ0n) is 15.9. The van der Waals surface area contributed by atoms with E-state index in [1.54, 1.807) is 11.0 Å². The molecule has 1 saturated heterocycles. The van der Waals surface area contributed by atoms with Crippen molar-refractivity contribution in [1.82, 2.24) is 14.2 Å². The Kier molecular flexibility index (Phi) is 5.28. The first-order valence-corrected chi connectivity index (χ1v) is 11.6. The summed E-state index contributed by atoms with van der Waals surface area (Å²) in [5.41, 5.74) is 2.70. The highest BCUT2D eigenvalue weighted by Gasteiger charge is 2.30. The van der Waals surface area contributed by atoms with Crippen LogP contribution in [0, 0.1) is 6.92 Å². The molecule has 29 heavy (non-hydrogen) atoms. The van der Waals surface area contributed by atoms with Crippen LogP contribution in [0.1, 0.15) is 11.1 Å². The molecule has 0 atom stereocenters. The number of piperazine rings is 1. The zero-order valence-corrected chi connectivity index (χ0v) is 17.6. The average Bonchev–Trinajstić information content (AvgIpc) is 3.09. The van der Waals surface area contributed by atoms with E-state index >= 15 is 0 Å². The second-order valence-electron chi connectivity index (χ2n) is 7.06. The number of H-pyrrole nitrogens is 1. The second kappa shape index (κ2) is 7.74. The highest BCUT2D eigenvalue weighted by molar-refractivity contribution is 7.89. The van der Waals surface area contributed by atoms with Crippen LogP contribution >= 0.6 is 11.3 Å². The largest absolute Gasteiger partial charge is 0.340 e. The predicted molar refractivity (Wildman–Crippen MR) is 113 cm³/mol. The van der Waals surface area contributed by atoms with Gasteiger partial charge in [-0.1, -0.05) is 35.6 Å². The third-order valence-corrected chi connectivity index (χ3v) is 7.96. The maximum atomic E-state index is 13.0. The molecule has 1 N–H and O–H groups in total. The summed E-state index contributed by atoms with van der Waals surface area (Å²) < 4.78 is 28.0. The number of carbonyl (C=O) groups is 1. The van der Waals surface area contributed by atoms with E-state index in [2.05, 4.69) is 4.98 Å². The van der Waals surface area contributed by atoms with Gasteiger partial charge in [0.25, 0.3) is 0 Å². The Morgan fingerprint density at radius 2 is 1.83 bits per heavy atom. The van der Waals surface area contributed by atoms with Crippen molar-refractivity contribution in [1.29, 1.82) is 0 Å². The van der Waals surface area contributed by atoms with Crippen molar-refractivity contribution in [3.05, 3.63) is 63.3 Å². The second-order valence-corrected chi connectivity index (χ2v) is 10.0. The molecule has 1 aliphatic heterocycles. The average molecular weight is 432 g/mol. The molecule has 3 aromatic rings. The molecule has 0 bridgehead atoms. The lowest BCUT2D eigenvalue weighted by Gasteiger charge is -2.34. The molecular weight excluding hydrogens is 410 g/mol. The van der Waals surface area contributed by atoms with E-state index in [4.69, 9.17) is 0 Å². The summed E-state index contributed by atoms with van der Waals surface area (Å²) in [5, 5.41) is 0. The van der Waals surface area contributed by atoms with Gasteiger partial charge in [-0.15, -0.1) is 0 Å². The van der Waals surface area contributed by atoms with E-state index in [0.29, 0.717) is 29.7 Å². The molecule has 1 fully saturated rings. The fourth-order valence-electron chi connectivity index (χ4n) is 3.50. The fourth-order valence-corrected chi connectivity index (χ4v) is 5.80. The summed E-state index contributed by atoms with van der Waals surface area (Å²) in [4.78, 5) is 28.4. The van der Waals surface area contributed by atoms with Gasteiger partial charge in [0.15, 0.2) is 0 Å². The van der Waals surface area contributed by atoms with Gasteiger partial charge >= 0.3 is 4.87 Å². The van der Waals surface area contributed by atoms with E-state index in [1.165, 1.54) is 16.4 Å². The van der Waals surface area contributed by atoms with Crippen molar-refractivity contribution in [3.8, 4) is 0 Å². The number of aryl methyl sites for hydroxylation is 1. The number of hydrogen-bond acceptors (Lipinski definition) is 5. The number of fused-ring (bicyclic) bond motifs is 1. The number of carbonyl (C=O) groups excluding carboxylic acids is 1. The van der Waals surface area contributed by atoms with Crippen molar-refractivity contribution in [2.24, 2.45) is 0 Å². The smallest absolute Gasteiger partial charge is 0.305 e. The molecular formula is C20H21N3O4S2. The topological polar surface area (TPSA) is 90.6 Å². The molecule has 0 spiro atoms. The first-order valence-electron chi connectivity index (χ1n) is 9.30. The molecule has 1 aliphatic rings. The van der Waals surface area contributed by atoms with Crippen LogP contribution in [0.25, 0.3) is 10.2 Å². The van der Waals surface area contributed by atoms with Gasteiger partial charge in [-0.3, -0.25) is 9.59 Å². The maximum Gasteiger partial charge on any atom is 0.305 e. The highest BCUT2D eigenvalue weighted by Crippen LogP contribution is 2.23. The Bertz CT molecular complexity index is 1220.